The molecular formula is C16H23N3O. The first kappa shape index (κ1) is 13.6. The molecule has 1 amide bonds. The number of carbonyl (C=O) groups is 1. The molecule has 1 N–H and O–H groups in total. The molecule has 20 heavy (non-hydrogen) atoms. The van der Waals surface area contributed by atoms with Gasteiger partial charge in [0.15, 0.2) is 0 Å². The van der Waals surface area contributed by atoms with Crippen molar-refractivity contribution >= 4 is 5.91 Å². The summed E-state index contributed by atoms with van der Waals surface area (Å²) in [6, 6.07) is 4.69. The molecule has 2 fully saturated rings. The standard InChI is InChI=1S/C16H23N3O/c1-12-2-5-15(17-10-12)11-18-14-6-8-19(9-7-14)16(20)13-3-4-13/h2,5,10,13-14,18H,3-4,6-9,11H2,1H3. The summed E-state index contributed by atoms with van der Waals surface area (Å²) >= 11 is 0. The van der Waals surface area contributed by atoms with Gasteiger partial charge in [-0.05, 0) is 44.2 Å². The molecular weight excluding hydrogens is 250 g/mol. The molecule has 3 rings (SSSR count). The molecule has 1 saturated carbocycles. The van der Waals surface area contributed by atoms with Crippen molar-refractivity contribution in [1.82, 2.24) is 15.2 Å². The number of aromatic nitrogens is 1. The summed E-state index contributed by atoms with van der Waals surface area (Å²) in [6.07, 6.45) is 6.24. The minimum atomic E-state index is 0.358. The summed E-state index contributed by atoms with van der Waals surface area (Å²) in [4.78, 5) is 18.4. The predicted molar refractivity (Wildman–Crippen MR) is 78.1 cm³/mol. The summed E-state index contributed by atoms with van der Waals surface area (Å²) in [5, 5.41) is 3.56. The van der Waals surface area contributed by atoms with Crippen LogP contribution in [0.3, 0.4) is 0 Å². The van der Waals surface area contributed by atoms with Gasteiger partial charge < -0.3 is 10.2 Å². The smallest absolute Gasteiger partial charge is 0.225 e. The number of amides is 1. The summed E-state index contributed by atoms with van der Waals surface area (Å²) in [5.74, 6) is 0.750. The van der Waals surface area contributed by atoms with Crippen LogP contribution >= 0.6 is 0 Å². The van der Waals surface area contributed by atoms with Crippen molar-refractivity contribution in [2.75, 3.05) is 13.1 Å². The lowest BCUT2D eigenvalue weighted by atomic mass is 10.0. The number of piperidine rings is 1. The van der Waals surface area contributed by atoms with E-state index in [1.165, 1.54) is 5.56 Å². The molecule has 108 valence electrons. The van der Waals surface area contributed by atoms with Gasteiger partial charge in [0, 0.05) is 37.8 Å². The number of likely N-dealkylation sites (tertiary alicyclic amines) is 1. The predicted octanol–water partition coefficient (Wildman–Crippen LogP) is 1.88. The van der Waals surface area contributed by atoms with Crippen LogP contribution in [0.4, 0.5) is 0 Å². The average molecular weight is 273 g/mol. The van der Waals surface area contributed by atoms with Crippen LogP contribution in [0.5, 0.6) is 0 Å². The summed E-state index contributed by atoms with van der Waals surface area (Å²) in [6.45, 7) is 4.70. The van der Waals surface area contributed by atoms with Gasteiger partial charge in [-0.15, -0.1) is 0 Å². The SMILES string of the molecule is Cc1ccc(CNC2CCN(C(=O)C3CC3)CC2)nc1. The van der Waals surface area contributed by atoms with E-state index in [-0.39, 0.29) is 0 Å². The zero-order valence-electron chi connectivity index (χ0n) is 12.1. The van der Waals surface area contributed by atoms with E-state index >= 15 is 0 Å². The largest absolute Gasteiger partial charge is 0.342 e. The molecule has 0 bridgehead atoms. The fourth-order valence-corrected chi connectivity index (χ4v) is 2.74. The third kappa shape index (κ3) is 3.37. The van der Waals surface area contributed by atoms with Crippen LogP contribution in [-0.4, -0.2) is 34.9 Å². The number of carbonyl (C=O) groups excluding carboxylic acids is 1. The Bertz CT molecular complexity index is 459. The van der Waals surface area contributed by atoms with Gasteiger partial charge in [0.2, 0.25) is 5.91 Å². The van der Waals surface area contributed by atoms with Crippen LogP contribution in [-0.2, 0) is 11.3 Å². The maximum atomic E-state index is 12.0. The number of aryl methyl sites for hydroxylation is 1. The van der Waals surface area contributed by atoms with Crippen LogP contribution in [0, 0.1) is 12.8 Å². The van der Waals surface area contributed by atoms with Gasteiger partial charge in [0.1, 0.15) is 0 Å². The van der Waals surface area contributed by atoms with Gasteiger partial charge in [0.25, 0.3) is 0 Å². The monoisotopic (exact) mass is 273 g/mol. The third-order valence-electron chi connectivity index (χ3n) is 4.28. The maximum Gasteiger partial charge on any atom is 0.225 e. The van der Waals surface area contributed by atoms with E-state index in [4.69, 9.17) is 0 Å². The lowest BCUT2D eigenvalue weighted by Crippen LogP contribution is -2.45. The number of nitrogens with zero attached hydrogens (tertiary/aromatic N) is 2. The second kappa shape index (κ2) is 5.92. The number of pyridine rings is 1. The third-order valence-corrected chi connectivity index (χ3v) is 4.28. The van der Waals surface area contributed by atoms with Crippen LogP contribution in [0.2, 0.25) is 0 Å². The van der Waals surface area contributed by atoms with Crippen molar-refractivity contribution in [3.05, 3.63) is 29.6 Å². The first-order chi connectivity index (χ1) is 9.72. The topological polar surface area (TPSA) is 45.2 Å². The Balaban J connectivity index is 1.42. The molecule has 1 aromatic heterocycles. The van der Waals surface area contributed by atoms with Crippen molar-refractivity contribution in [2.24, 2.45) is 5.92 Å². The van der Waals surface area contributed by atoms with Gasteiger partial charge in [-0.3, -0.25) is 9.78 Å². The lowest BCUT2D eigenvalue weighted by molar-refractivity contribution is -0.133. The van der Waals surface area contributed by atoms with Crippen LogP contribution in [0.15, 0.2) is 18.3 Å². The minimum absolute atomic E-state index is 0.358. The number of hydrogen-bond acceptors (Lipinski definition) is 3. The van der Waals surface area contributed by atoms with Gasteiger partial charge in [-0.2, -0.15) is 0 Å². The minimum Gasteiger partial charge on any atom is -0.342 e. The van der Waals surface area contributed by atoms with Crippen molar-refractivity contribution in [3.8, 4) is 0 Å². The normalized spacial score (nSPS) is 20.1. The highest BCUT2D eigenvalue weighted by molar-refractivity contribution is 5.81. The Labute approximate surface area is 120 Å². The average Bonchev–Trinajstić information content (AvgIpc) is 3.31. The molecule has 1 aliphatic heterocycles. The molecule has 4 heteroatoms. The van der Waals surface area contributed by atoms with Crippen LogP contribution < -0.4 is 5.32 Å². The molecule has 0 spiro atoms. The van der Waals surface area contributed by atoms with Gasteiger partial charge in [-0.1, -0.05) is 6.07 Å². The number of nitrogens with one attached hydrogen (secondary N) is 1. The lowest BCUT2D eigenvalue weighted by Gasteiger charge is -2.32. The molecule has 0 radical (unpaired) electrons. The highest BCUT2D eigenvalue weighted by Gasteiger charge is 2.34. The molecule has 4 nitrogen and oxygen atoms in total. The zero-order chi connectivity index (χ0) is 13.9. The van der Waals surface area contributed by atoms with Gasteiger partial charge in [0.05, 0.1) is 5.69 Å². The van der Waals surface area contributed by atoms with E-state index in [0.717, 1.165) is 51.0 Å². The van der Waals surface area contributed by atoms with Crippen LogP contribution in [0.25, 0.3) is 0 Å². The van der Waals surface area contributed by atoms with Crippen molar-refractivity contribution in [1.29, 1.82) is 0 Å². The number of hydrogen-bond donors (Lipinski definition) is 1. The Morgan fingerprint density at radius 1 is 1.30 bits per heavy atom. The molecule has 0 aromatic carbocycles. The first-order valence-electron chi connectivity index (χ1n) is 7.66. The summed E-state index contributed by atoms with van der Waals surface area (Å²) < 4.78 is 0. The Morgan fingerprint density at radius 2 is 2.05 bits per heavy atom. The van der Waals surface area contributed by atoms with Crippen molar-refractivity contribution < 1.29 is 4.79 Å². The van der Waals surface area contributed by atoms with Crippen molar-refractivity contribution in [3.63, 3.8) is 0 Å². The molecule has 1 aromatic rings. The van der Waals surface area contributed by atoms with Gasteiger partial charge >= 0.3 is 0 Å². The highest BCUT2D eigenvalue weighted by Crippen LogP contribution is 2.31. The number of rotatable bonds is 4. The van der Waals surface area contributed by atoms with E-state index in [1.54, 1.807) is 0 Å². The zero-order valence-corrected chi connectivity index (χ0v) is 12.1. The highest BCUT2D eigenvalue weighted by atomic mass is 16.2. The van der Waals surface area contributed by atoms with E-state index in [0.29, 0.717) is 17.9 Å². The maximum absolute atomic E-state index is 12.0. The van der Waals surface area contributed by atoms with E-state index in [9.17, 15) is 4.79 Å². The molecule has 2 aliphatic rings. The van der Waals surface area contributed by atoms with E-state index < -0.39 is 0 Å². The van der Waals surface area contributed by atoms with E-state index in [1.807, 2.05) is 6.20 Å². The first-order valence-corrected chi connectivity index (χ1v) is 7.66. The quantitative estimate of drug-likeness (QED) is 0.911. The Kier molecular flexibility index (Phi) is 4.01. The molecule has 2 heterocycles. The van der Waals surface area contributed by atoms with Gasteiger partial charge in [-0.25, -0.2) is 0 Å². The molecule has 1 aliphatic carbocycles. The van der Waals surface area contributed by atoms with Crippen LogP contribution in [0.1, 0.15) is 36.9 Å². The molecule has 1 saturated heterocycles. The van der Waals surface area contributed by atoms with Crippen molar-refractivity contribution in [2.45, 2.75) is 45.2 Å². The van der Waals surface area contributed by atoms with E-state index in [2.05, 4.69) is 34.3 Å². The Morgan fingerprint density at radius 3 is 2.65 bits per heavy atom. The Hall–Kier alpha value is -1.42. The molecule has 0 atom stereocenters. The summed E-state index contributed by atoms with van der Waals surface area (Å²) in [7, 11) is 0. The molecule has 0 unspecified atom stereocenters. The fraction of sp³-hybridized carbons (Fsp3) is 0.625. The second-order valence-corrected chi connectivity index (χ2v) is 6.08. The summed E-state index contributed by atoms with van der Waals surface area (Å²) in [5.41, 5.74) is 2.28. The fourth-order valence-electron chi connectivity index (χ4n) is 2.74. The second-order valence-electron chi connectivity index (χ2n) is 6.08.